The Kier molecular flexibility index (Phi) is 3.39. The van der Waals surface area contributed by atoms with E-state index in [1.54, 1.807) is 0 Å². The summed E-state index contributed by atoms with van der Waals surface area (Å²) in [4.78, 5) is 0. The summed E-state index contributed by atoms with van der Waals surface area (Å²) in [6.45, 7) is 7.43. The van der Waals surface area contributed by atoms with Gasteiger partial charge in [-0.2, -0.15) is 0 Å². The second-order valence-electron chi connectivity index (χ2n) is 3.95. The topological polar surface area (TPSA) is 58.9 Å². The monoisotopic (exact) mass is 202 g/mol. The van der Waals surface area contributed by atoms with Crippen LogP contribution in [0, 0.1) is 0 Å². The highest BCUT2D eigenvalue weighted by Crippen LogP contribution is 2.32. The maximum Gasteiger partial charge on any atom is 0.168 e. The van der Waals surface area contributed by atoms with E-state index in [1.165, 1.54) is 0 Å². The van der Waals surface area contributed by atoms with Crippen molar-refractivity contribution < 1.29 is 19.7 Å². The molecule has 4 heteroatoms. The van der Waals surface area contributed by atoms with Gasteiger partial charge in [0, 0.05) is 0 Å². The Labute approximate surface area is 84.1 Å². The summed E-state index contributed by atoms with van der Waals surface area (Å²) in [5.41, 5.74) is 0. The van der Waals surface area contributed by atoms with Crippen molar-refractivity contribution in [3.05, 3.63) is 11.5 Å². The lowest BCUT2D eigenvalue weighted by atomic mass is 9.97. The Morgan fingerprint density at radius 1 is 0.857 bits per heavy atom. The number of rotatable bonds is 4. The largest absolute Gasteiger partial charge is 0.489 e. The molecule has 82 valence electrons. The van der Waals surface area contributed by atoms with E-state index < -0.39 is 12.2 Å². The fourth-order valence-electron chi connectivity index (χ4n) is 1.25. The first kappa shape index (κ1) is 11.3. The Morgan fingerprint density at radius 2 is 1.14 bits per heavy atom. The van der Waals surface area contributed by atoms with Gasteiger partial charge >= 0.3 is 0 Å². The standard InChI is InChI=1S/C10H18O4/c1-5(2)13-9-7(11)8(12)10(9)14-6(3)4/h5-8,11-12H,1-4H3. The van der Waals surface area contributed by atoms with E-state index in [4.69, 9.17) is 9.47 Å². The molecule has 0 amide bonds. The van der Waals surface area contributed by atoms with Gasteiger partial charge in [-0.15, -0.1) is 0 Å². The van der Waals surface area contributed by atoms with Crippen LogP contribution in [0.25, 0.3) is 0 Å². The van der Waals surface area contributed by atoms with Crippen molar-refractivity contribution in [1.29, 1.82) is 0 Å². The highest BCUT2D eigenvalue weighted by molar-refractivity contribution is 5.27. The molecule has 0 aromatic heterocycles. The lowest BCUT2D eigenvalue weighted by Crippen LogP contribution is -2.44. The van der Waals surface area contributed by atoms with E-state index in [-0.39, 0.29) is 12.2 Å². The van der Waals surface area contributed by atoms with Crippen LogP contribution in [0.5, 0.6) is 0 Å². The van der Waals surface area contributed by atoms with Crippen molar-refractivity contribution in [3.8, 4) is 0 Å². The number of hydrogen-bond acceptors (Lipinski definition) is 4. The molecule has 1 aliphatic carbocycles. The van der Waals surface area contributed by atoms with Crippen molar-refractivity contribution in [1.82, 2.24) is 0 Å². The van der Waals surface area contributed by atoms with E-state index in [9.17, 15) is 10.2 Å². The van der Waals surface area contributed by atoms with Gasteiger partial charge in [-0.3, -0.25) is 0 Å². The minimum absolute atomic E-state index is 0.0297. The van der Waals surface area contributed by atoms with Crippen LogP contribution in [0.2, 0.25) is 0 Å². The van der Waals surface area contributed by atoms with Gasteiger partial charge in [0.2, 0.25) is 0 Å². The van der Waals surface area contributed by atoms with Crippen LogP contribution in [-0.2, 0) is 9.47 Å². The first-order valence-corrected chi connectivity index (χ1v) is 4.87. The predicted molar refractivity (Wildman–Crippen MR) is 51.5 cm³/mol. The smallest absolute Gasteiger partial charge is 0.168 e. The Bertz CT molecular complexity index is 208. The first-order chi connectivity index (χ1) is 6.43. The molecule has 2 unspecified atom stereocenters. The summed E-state index contributed by atoms with van der Waals surface area (Å²) < 4.78 is 10.7. The van der Waals surface area contributed by atoms with Crippen molar-refractivity contribution in [2.75, 3.05) is 0 Å². The number of aliphatic hydroxyl groups excluding tert-OH is 2. The van der Waals surface area contributed by atoms with Gasteiger partial charge < -0.3 is 19.7 Å². The maximum atomic E-state index is 9.40. The van der Waals surface area contributed by atoms with E-state index in [1.807, 2.05) is 27.7 Å². The van der Waals surface area contributed by atoms with Crippen LogP contribution < -0.4 is 0 Å². The summed E-state index contributed by atoms with van der Waals surface area (Å²) >= 11 is 0. The molecule has 0 saturated heterocycles. The van der Waals surface area contributed by atoms with Gasteiger partial charge in [0.25, 0.3) is 0 Å². The molecule has 2 N–H and O–H groups in total. The van der Waals surface area contributed by atoms with Gasteiger partial charge in [-0.1, -0.05) is 0 Å². The van der Waals surface area contributed by atoms with Crippen LogP contribution in [0.3, 0.4) is 0 Å². The van der Waals surface area contributed by atoms with E-state index >= 15 is 0 Å². The zero-order chi connectivity index (χ0) is 10.9. The number of hydrogen-bond donors (Lipinski definition) is 2. The van der Waals surface area contributed by atoms with Gasteiger partial charge in [-0.05, 0) is 27.7 Å². The highest BCUT2D eigenvalue weighted by atomic mass is 16.6. The van der Waals surface area contributed by atoms with Gasteiger partial charge in [-0.25, -0.2) is 0 Å². The van der Waals surface area contributed by atoms with Gasteiger partial charge in [0.05, 0.1) is 12.2 Å². The van der Waals surface area contributed by atoms with Crippen LogP contribution >= 0.6 is 0 Å². The van der Waals surface area contributed by atoms with Crippen LogP contribution in [0.15, 0.2) is 11.5 Å². The quantitative estimate of drug-likeness (QED) is 0.707. The minimum atomic E-state index is -0.939. The van der Waals surface area contributed by atoms with E-state index in [0.29, 0.717) is 11.5 Å². The fraction of sp³-hybridized carbons (Fsp3) is 0.800. The molecule has 0 saturated carbocycles. The molecule has 1 aliphatic rings. The summed E-state index contributed by atoms with van der Waals surface area (Å²) in [6.07, 6.45) is -1.94. The molecule has 0 bridgehead atoms. The molecule has 2 atom stereocenters. The molecule has 14 heavy (non-hydrogen) atoms. The summed E-state index contributed by atoms with van der Waals surface area (Å²) in [5, 5.41) is 18.8. The molecule has 0 aromatic carbocycles. The molecule has 0 aromatic rings. The van der Waals surface area contributed by atoms with Crippen LogP contribution in [-0.4, -0.2) is 34.6 Å². The average Bonchev–Trinajstić information content (AvgIpc) is 2.09. The normalized spacial score (nSPS) is 26.9. The summed E-state index contributed by atoms with van der Waals surface area (Å²) in [5.74, 6) is 0.724. The molecule has 0 heterocycles. The third-order valence-electron chi connectivity index (χ3n) is 1.80. The van der Waals surface area contributed by atoms with Crippen molar-refractivity contribution in [2.24, 2.45) is 0 Å². The Morgan fingerprint density at radius 3 is 1.36 bits per heavy atom. The zero-order valence-corrected chi connectivity index (χ0v) is 9.02. The van der Waals surface area contributed by atoms with Crippen molar-refractivity contribution >= 4 is 0 Å². The summed E-state index contributed by atoms with van der Waals surface area (Å²) in [6, 6.07) is 0. The number of ether oxygens (including phenoxy) is 2. The molecule has 1 rings (SSSR count). The first-order valence-electron chi connectivity index (χ1n) is 4.87. The lowest BCUT2D eigenvalue weighted by Gasteiger charge is -2.35. The second kappa shape index (κ2) is 4.19. The van der Waals surface area contributed by atoms with Crippen LogP contribution in [0.4, 0.5) is 0 Å². The van der Waals surface area contributed by atoms with Gasteiger partial charge in [0.1, 0.15) is 12.2 Å². The molecular weight excluding hydrogens is 184 g/mol. The van der Waals surface area contributed by atoms with E-state index in [0.717, 1.165) is 0 Å². The maximum absolute atomic E-state index is 9.40. The van der Waals surface area contributed by atoms with Crippen molar-refractivity contribution in [2.45, 2.75) is 52.1 Å². The average molecular weight is 202 g/mol. The Hall–Kier alpha value is -0.740. The fourth-order valence-corrected chi connectivity index (χ4v) is 1.25. The SMILES string of the molecule is CC(C)OC1=C(OC(C)C)C(O)C1O. The molecular formula is C10H18O4. The highest BCUT2D eigenvalue weighted by Gasteiger charge is 2.42. The molecule has 0 spiro atoms. The summed E-state index contributed by atoms with van der Waals surface area (Å²) in [7, 11) is 0. The zero-order valence-electron chi connectivity index (χ0n) is 9.02. The van der Waals surface area contributed by atoms with Gasteiger partial charge in [0.15, 0.2) is 11.5 Å². The lowest BCUT2D eigenvalue weighted by molar-refractivity contribution is -0.0811. The molecule has 0 radical (unpaired) electrons. The second-order valence-corrected chi connectivity index (χ2v) is 3.95. The van der Waals surface area contributed by atoms with Crippen molar-refractivity contribution in [3.63, 3.8) is 0 Å². The third-order valence-corrected chi connectivity index (χ3v) is 1.80. The minimum Gasteiger partial charge on any atom is -0.489 e. The predicted octanol–water partition coefficient (Wildman–Crippen LogP) is 0.783. The number of aliphatic hydroxyl groups is 2. The third kappa shape index (κ3) is 2.19. The molecule has 4 nitrogen and oxygen atoms in total. The molecule has 0 fully saturated rings. The van der Waals surface area contributed by atoms with Crippen LogP contribution in [0.1, 0.15) is 27.7 Å². The van der Waals surface area contributed by atoms with E-state index in [2.05, 4.69) is 0 Å². The Balaban J connectivity index is 2.69. The molecule has 0 aliphatic heterocycles.